The lowest BCUT2D eigenvalue weighted by atomic mass is 10.3. The van der Waals surface area contributed by atoms with Gasteiger partial charge < -0.3 is 4.74 Å². The van der Waals surface area contributed by atoms with Crippen LogP contribution in [0.1, 0.15) is 17.3 Å². The molecule has 2 aromatic carbocycles. The van der Waals surface area contributed by atoms with Gasteiger partial charge in [0.05, 0.1) is 23.5 Å². The molecule has 0 amide bonds. The SMILES string of the molecule is CCOC(=O)c1cnn(-c2ccc(Cl)cc2)c1NS(=O)(=O)c1ccccc1Cl. The van der Waals surface area contributed by atoms with Crippen LogP contribution in [0.3, 0.4) is 0 Å². The lowest BCUT2D eigenvalue weighted by Gasteiger charge is -2.13. The number of esters is 1. The molecule has 0 fully saturated rings. The summed E-state index contributed by atoms with van der Waals surface area (Å²) in [5.74, 6) is -0.778. The lowest BCUT2D eigenvalue weighted by molar-refractivity contribution is 0.0527. The summed E-state index contributed by atoms with van der Waals surface area (Å²) in [6, 6.07) is 12.5. The van der Waals surface area contributed by atoms with Gasteiger partial charge in [0.25, 0.3) is 10.0 Å². The maximum absolute atomic E-state index is 12.9. The Morgan fingerprint density at radius 3 is 2.46 bits per heavy atom. The molecular formula is C18H15Cl2N3O4S. The molecule has 28 heavy (non-hydrogen) atoms. The molecule has 0 saturated heterocycles. The molecule has 0 saturated carbocycles. The van der Waals surface area contributed by atoms with E-state index in [2.05, 4.69) is 9.82 Å². The van der Waals surface area contributed by atoms with E-state index in [1.807, 2.05) is 0 Å². The highest BCUT2D eigenvalue weighted by atomic mass is 35.5. The molecule has 0 unspecified atom stereocenters. The molecule has 0 bridgehead atoms. The minimum atomic E-state index is -4.10. The van der Waals surface area contributed by atoms with Crippen molar-refractivity contribution in [3.05, 3.63) is 70.3 Å². The maximum atomic E-state index is 12.9. The first-order valence-electron chi connectivity index (χ1n) is 8.12. The number of ether oxygens (including phenoxy) is 1. The zero-order valence-electron chi connectivity index (χ0n) is 14.6. The van der Waals surface area contributed by atoms with Crippen molar-refractivity contribution in [2.45, 2.75) is 11.8 Å². The van der Waals surface area contributed by atoms with Gasteiger partial charge in [0.2, 0.25) is 0 Å². The van der Waals surface area contributed by atoms with Crippen LogP contribution in [0.4, 0.5) is 5.82 Å². The zero-order chi connectivity index (χ0) is 20.3. The topological polar surface area (TPSA) is 90.3 Å². The van der Waals surface area contributed by atoms with Crippen molar-refractivity contribution in [3.63, 3.8) is 0 Å². The van der Waals surface area contributed by atoms with E-state index in [-0.39, 0.29) is 27.9 Å². The van der Waals surface area contributed by atoms with Crippen LogP contribution in [0.25, 0.3) is 5.69 Å². The standard InChI is InChI=1S/C18H15Cl2N3O4S/c1-2-27-18(24)14-11-21-23(13-9-7-12(19)8-10-13)17(14)22-28(25,26)16-6-4-3-5-15(16)20/h3-11,22H,2H2,1H3. The Morgan fingerprint density at radius 2 is 1.82 bits per heavy atom. The molecule has 1 aromatic heterocycles. The second-order valence-electron chi connectivity index (χ2n) is 5.55. The van der Waals surface area contributed by atoms with Gasteiger partial charge in [-0.05, 0) is 43.3 Å². The number of carbonyl (C=O) groups excluding carboxylic acids is 1. The van der Waals surface area contributed by atoms with Crippen LogP contribution in [0.5, 0.6) is 0 Å². The van der Waals surface area contributed by atoms with Crippen LogP contribution in [-0.2, 0) is 14.8 Å². The van der Waals surface area contributed by atoms with Crippen LogP contribution in [0, 0.1) is 0 Å². The average molecular weight is 440 g/mol. The second-order valence-corrected chi connectivity index (χ2v) is 8.05. The molecular weight excluding hydrogens is 425 g/mol. The van der Waals surface area contributed by atoms with Gasteiger partial charge in [-0.2, -0.15) is 5.10 Å². The Labute approximate surface area is 171 Å². The highest BCUT2D eigenvalue weighted by molar-refractivity contribution is 7.92. The molecule has 10 heteroatoms. The maximum Gasteiger partial charge on any atom is 0.343 e. The molecule has 1 heterocycles. The third kappa shape index (κ3) is 4.14. The van der Waals surface area contributed by atoms with Crippen LogP contribution < -0.4 is 4.72 Å². The molecule has 3 aromatic rings. The summed E-state index contributed by atoms with van der Waals surface area (Å²) in [5, 5.41) is 4.68. The van der Waals surface area contributed by atoms with Crippen molar-refractivity contribution in [3.8, 4) is 5.69 Å². The van der Waals surface area contributed by atoms with Crippen LogP contribution in [0.15, 0.2) is 59.6 Å². The number of hydrogen-bond acceptors (Lipinski definition) is 5. The first kappa shape index (κ1) is 20.2. The molecule has 1 N–H and O–H groups in total. The smallest absolute Gasteiger partial charge is 0.343 e. The van der Waals surface area contributed by atoms with Gasteiger partial charge in [0.1, 0.15) is 10.5 Å². The fourth-order valence-corrected chi connectivity index (χ4v) is 4.14. The first-order valence-corrected chi connectivity index (χ1v) is 10.4. The Hall–Kier alpha value is -2.55. The number of halogens is 2. The number of sulfonamides is 1. The molecule has 146 valence electrons. The van der Waals surface area contributed by atoms with Gasteiger partial charge in [0, 0.05) is 5.02 Å². The predicted molar refractivity (Wildman–Crippen MR) is 107 cm³/mol. The van der Waals surface area contributed by atoms with Gasteiger partial charge >= 0.3 is 5.97 Å². The van der Waals surface area contributed by atoms with Gasteiger partial charge in [-0.25, -0.2) is 17.9 Å². The van der Waals surface area contributed by atoms with Crippen molar-refractivity contribution >= 4 is 45.0 Å². The number of carbonyl (C=O) groups is 1. The van der Waals surface area contributed by atoms with Crippen molar-refractivity contribution in [2.24, 2.45) is 0 Å². The second kappa shape index (κ2) is 8.22. The number of anilines is 1. The van der Waals surface area contributed by atoms with Gasteiger partial charge in [0.15, 0.2) is 5.82 Å². The Balaban J connectivity index is 2.11. The molecule has 0 aliphatic heterocycles. The van der Waals surface area contributed by atoms with E-state index in [4.69, 9.17) is 27.9 Å². The number of aromatic nitrogens is 2. The summed E-state index contributed by atoms with van der Waals surface area (Å²) in [5.41, 5.74) is 0.462. The lowest BCUT2D eigenvalue weighted by Crippen LogP contribution is -2.19. The van der Waals surface area contributed by atoms with E-state index in [0.717, 1.165) is 0 Å². The monoisotopic (exact) mass is 439 g/mol. The van der Waals surface area contributed by atoms with Gasteiger partial charge in [-0.3, -0.25) is 4.72 Å². The third-order valence-corrected chi connectivity index (χ3v) is 5.78. The third-order valence-electron chi connectivity index (χ3n) is 3.69. The van der Waals surface area contributed by atoms with Crippen molar-refractivity contribution in [1.82, 2.24) is 9.78 Å². The van der Waals surface area contributed by atoms with E-state index in [9.17, 15) is 13.2 Å². The predicted octanol–water partition coefficient (Wildman–Crippen LogP) is 4.16. The summed E-state index contributed by atoms with van der Waals surface area (Å²) in [7, 11) is -4.10. The molecule has 0 atom stereocenters. The molecule has 7 nitrogen and oxygen atoms in total. The number of hydrogen-bond donors (Lipinski definition) is 1. The summed E-state index contributed by atoms with van der Waals surface area (Å²) in [6.45, 7) is 1.77. The molecule has 0 spiro atoms. The van der Waals surface area contributed by atoms with E-state index in [1.54, 1.807) is 43.3 Å². The summed E-state index contributed by atoms with van der Waals surface area (Å²) in [6.07, 6.45) is 1.23. The Morgan fingerprint density at radius 1 is 1.14 bits per heavy atom. The zero-order valence-corrected chi connectivity index (χ0v) is 16.9. The first-order chi connectivity index (χ1) is 13.3. The fourth-order valence-electron chi connectivity index (χ4n) is 2.43. The molecule has 0 aliphatic rings. The van der Waals surface area contributed by atoms with E-state index >= 15 is 0 Å². The summed E-state index contributed by atoms with van der Waals surface area (Å²) in [4.78, 5) is 12.2. The van der Waals surface area contributed by atoms with Crippen LogP contribution >= 0.6 is 23.2 Å². The van der Waals surface area contributed by atoms with Crippen molar-refractivity contribution < 1.29 is 17.9 Å². The Bertz CT molecular complexity index is 1110. The fraction of sp³-hybridized carbons (Fsp3) is 0.111. The van der Waals surface area contributed by atoms with Crippen molar-refractivity contribution in [1.29, 1.82) is 0 Å². The van der Waals surface area contributed by atoms with Gasteiger partial charge in [-0.1, -0.05) is 35.3 Å². The quantitative estimate of drug-likeness (QED) is 0.582. The molecule has 3 rings (SSSR count). The van der Waals surface area contributed by atoms with E-state index in [0.29, 0.717) is 10.7 Å². The average Bonchev–Trinajstić information content (AvgIpc) is 3.05. The highest BCUT2D eigenvalue weighted by Crippen LogP contribution is 2.27. The number of benzene rings is 2. The van der Waals surface area contributed by atoms with Crippen molar-refractivity contribution in [2.75, 3.05) is 11.3 Å². The minimum absolute atomic E-state index is 0.0348. The number of nitrogens with one attached hydrogen (secondary N) is 1. The largest absolute Gasteiger partial charge is 0.462 e. The van der Waals surface area contributed by atoms with E-state index in [1.165, 1.54) is 23.0 Å². The number of nitrogens with zero attached hydrogens (tertiary/aromatic N) is 2. The highest BCUT2D eigenvalue weighted by Gasteiger charge is 2.26. The van der Waals surface area contributed by atoms with Crippen LogP contribution in [0.2, 0.25) is 10.0 Å². The molecule has 0 aliphatic carbocycles. The minimum Gasteiger partial charge on any atom is -0.462 e. The van der Waals surface area contributed by atoms with Gasteiger partial charge in [-0.15, -0.1) is 0 Å². The normalized spacial score (nSPS) is 11.2. The van der Waals surface area contributed by atoms with E-state index < -0.39 is 16.0 Å². The Kier molecular flexibility index (Phi) is 5.93. The van der Waals surface area contributed by atoms with Crippen LogP contribution in [-0.4, -0.2) is 30.8 Å². The molecule has 0 radical (unpaired) electrons. The summed E-state index contributed by atoms with van der Waals surface area (Å²) >= 11 is 11.9. The summed E-state index contributed by atoms with van der Waals surface area (Å²) < 4.78 is 34.4. The number of rotatable bonds is 6.